The molecule has 104 valence electrons. The van der Waals surface area contributed by atoms with Crippen molar-refractivity contribution in [1.29, 1.82) is 0 Å². The summed E-state index contributed by atoms with van der Waals surface area (Å²) >= 11 is 1.46. The smallest absolute Gasteiger partial charge is 0.250 e. The van der Waals surface area contributed by atoms with Crippen LogP contribution in [0.2, 0.25) is 0 Å². The summed E-state index contributed by atoms with van der Waals surface area (Å²) in [4.78, 5) is 14.0. The van der Waals surface area contributed by atoms with E-state index in [4.69, 9.17) is 0 Å². The van der Waals surface area contributed by atoms with Crippen molar-refractivity contribution in [3.8, 4) is 0 Å². The van der Waals surface area contributed by atoms with E-state index in [1.54, 1.807) is 6.08 Å². The Kier molecular flexibility index (Phi) is 5.04. The molecule has 5 nitrogen and oxygen atoms in total. The van der Waals surface area contributed by atoms with Crippen LogP contribution in [0.4, 0.5) is 5.13 Å². The van der Waals surface area contributed by atoms with Crippen LogP contribution in [0.3, 0.4) is 0 Å². The normalized spacial score (nSPS) is 16.1. The van der Waals surface area contributed by atoms with Gasteiger partial charge in [-0.3, -0.25) is 15.0 Å². The lowest BCUT2D eigenvalue weighted by Crippen LogP contribution is -2.28. The Hall–Kier alpha value is -1.27. The maximum atomic E-state index is 11.6. The third kappa shape index (κ3) is 4.72. The molecule has 1 fully saturated rings. The Morgan fingerprint density at radius 1 is 1.32 bits per heavy atom. The number of amides is 1. The summed E-state index contributed by atoms with van der Waals surface area (Å²) in [7, 11) is 0. The molecule has 0 aromatic carbocycles. The summed E-state index contributed by atoms with van der Waals surface area (Å²) in [6.07, 6.45) is 5.42. The van der Waals surface area contributed by atoms with Gasteiger partial charge in [0, 0.05) is 6.08 Å². The number of anilines is 1. The first-order valence-electron chi connectivity index (χ1n) is 6.64. The van der Waals surface area contributed by atoms with E-state index in [1.807, 2.05) is 13.8 Å². The molecular weight excluding hydrogens is 260 g/mol. The van der Waals surface area contributed by atoms with Crippen LogP contribution in [0.1, 0.15) is 38.1 Å². The lowest BCUT2D eigenvalue weighted by molar-refractivity contribution is -0.111. The molecule has 1 aliphatic heterocycles. The predicted octanol–water partition coefficient (Wildman–Crippen LogP) is 2.43. The van der Waals surface area contributed by atoms with Crippen molar-refractivity contribution in [3.05, 3.63) is 16.7 Å². The van der Waals surface area contributed by atoms with Crippen molar-refractivity contribution in [2.45, 2.75) is 39.7 Å². The Labute approximate surface area is 117 Å². The molecule has 0 atom stereocenters. The molecule has 1 aliphatic rings. The second-order valence-electron chi connectivity index (χ2n) is 5.05. The fourth-order valence-electron chi connectivity index (χ4n) is 2.08. The lowest BCUT2D eigenvalue weighted by Gasteiger charge is -2.24. The molecule has 0 unspecified atom stereocenters. The zero-order valence-electron chi connectivity index (χ0n) is 11.5. The summed E-state index contributed by atoms with van der Waals surface area (Å²) < 4.78 is 0. The highest BCUT2D eigenvalue weighted by Crippen LogP contribution is 2.19. The summed E-state index contributed by atoms with van der Waals surface area (Å²) in [6.45, 7) is 6.90. The second kappa shape index (κ2) is 6.77. The van der Waals surface area contributed by atoms with Gasteiger partial charge < -0.3 is 0 Å². The maximum absolute atomic E-state index is 11.6. The van der Waals surface area contributed by atoms with E-state index < -0.39 is 0 Å². The molecular formula is C13H20N4OS. The number of carbonyl (C=O) groups is 1. The van der Waals surface area contributed by atoms with E-state index in [-0.39, 0.29) is 5.91 Å². The van der Waals surface area contributed by atoms with Gasteiger partial charge in [0.1, 0.15) is 5.01 Å². The van der Waals surface area contributed by atoms with Crippen LogP contribution in [0, 0.1) is 0 Å². The first-order chi connectivity index (χ1) is 9.13. The molecule has 0 saturated carbocycles. The van der Waals surface area contributed by atoms with Crippen LogP contribution >= 0.6 is 11.3 Å². The second-order valence-corrected chi connectivity index (χ2v) is 6.11. The van der Waals surface area contributed by atoms with Crippen molar-refractivity contribution in [2.75, 3.05) is 18.4 Å². The van der Waals surface area contributed by atoms with Gasteiger partial charge in [-0.25, -0.2) is 0 Å². The largest absolute Gasteiger partial charge is 0.297 e. The van der Waals surface area contributed by atoms with Gasteiger partial charge in [0.05, 0.1) is 6.54 Å². The fourth-order valence-corrected chi connectivity index (χ4v) is 2.87. The van der Waals surface area contributed by atoms with E-state index in [9.17, 15) is 4.79 Å². The summed E-state index contributed by atoms with van der Waals surface area (Å²) in [5, 5.41) is 12.4. The Morgan fingerprint density at radius 2 is 2.05 bits per heavy atom. The SMILES string of the molecule is CC(C)=CC(=O)Nc1nnc(CN2CCCCC2)s1. The first kappa shape index (κ1) is 14.1. The van der Waals surface area contributed by atoms with E-state index in [0.717, 1.165) is 30.2 Å². The van der Waals surface area contributed by atoms with Crippen LogP contribution < -0.4 is 5.32 Å². The van der Waals surface area contributed by atoms with Gasteiger partial charge in [0.2, 0.25) is 11.0 Å². The van der Waals surface area contributed by atoms with Crippen molar-refractivity contribution in [1.82, 2.24) is 15.1 Å². The number of likely N-dealkylation sites (tertiary alicyclic amines) is 1. The molecule has 2 rings (SSSR count). The molecule has 1 N–H and O–H groups in total. The Morgan fingerprint density at radius 3 is 2.74 bits per heavy atom. The highest BCUT2D eigenvalue weighted by atomic mass is 32.1. The van der Waals surface area contributed by atoms with E-state index in [1.165, 1.54) is 30.6 Å². The number of piperidine rings is 1. The zero-order chi connectivity index (χ0) is 13.7. The fraction of sp³-hybridized carbons (Fsp3) is 0.615. The quantitative estimate of drug-likeness (QED) is 0.861. The minimum atomic E-state index is -0.138. The van der Waals surface area contributed by atoms with Crippen molar-refractivity contribution >= 4 is 22.4 Å². The topological polar surface area (TPSA) is 58.1 Å². The summed E-state index contributed by atoms with van der Waals surface area (Å²) in [5.74, 6) is -0.138. The number of carbonyl (C=O) groups excluding carboxylic acids is 1. The van der Waals surface area contributed by atoms with Gasteiger partial charge in [-0.15, -0.1) is 10.2 Å². The van der Waals surface area contributed by atoms with Gasteiger partial charge in [-0.05, 0) is 39.8 Å². The number of aromatic nitrogens is 2. The highest BCUT2D eigenvalue weighted by molar-refractivity contribution is 7.15. The molecule has 0 bridgehead atoms. The van der Waals surface area contributed by atoms with Crippen LogP contribution in [0.25, 0.3) is 0 Å². The minimum Gasteiger partial charge on any atom is -0.297 e. The van der Waals surface area contributed by atoms with Crippen molar-refractivity contribution in [2.24, 2.45) is 0 Å². The van der Waals surface area contributed by atoms with Gasteiger partial charge in [0.25, 0.3) is 0 Å². The van der Waals surface area contributed by atoms with Gasteiger partial charge in [-0.1, -0.05) is 23.3 Å². The maximum Gasteiger partial charge on any atom is 0.250 e. The van der Waals surface area contributed by atoms with Crippen LogP contribution in [0.5, 0.6) is 0 Å². The van der Waals surface area contributed by atoms with Gasteiger partial charge >= 0.3 is 0 Å². The lowest BCUT2D eigenvalue weighted by atomic mass is 10.1. The average Bonchev–Trinajstić information content (AvgIpc) is 2.76. The van der Waals surface area contributed by atoms with Crippen LogP contribution in [-0.4, -0.2) is 34.1 Å². The van der Waals surface area contributed by atoms with E-state index >= 15 is 0 Å². The molecule has 0 spiro atoms. The van der Waals surface area contributed by atoms with Gasteiger partial charge in [-0.2, -0.15) is 0 Å². The van der Waals surface area contributed by atoms with Crippen molar-refractivity contribution in [3.63, 3.8) is 0 Å². The molecule has 6 heteroatoms. The predicted molar refractivity (Wildman–Crippen MR) is 77.1 cm³/mol. The zero-order valence-corrected chi connectivity index (χ0v) is 12.3. The molecule has 19 heavy (non-hydrogen) atoms. The molecule has 1 aromatic heterocycles. The number of hydrogen-bond acceptors (Lipinski definition) is 5. The molecule has 0 aliphatic carbocycles. The number of rotatable bonds is 4. The first-order valence-corrected chi connectivity index (χ1v) is 7.46. The number of nitrogens with zero attached hydrogens (tertiary/aromatic N) is 3. The van der Waals surface area contributed by atoms with Crippen LogP contribution in [-0.2, 0) is 11.3 Å². The van der Waals surface area contributed by atoms with Crippen molar-refractivity contribution < 1.29 is 4.79 Å². The summed E-state index contributed by atoms with van der Waals surface area (Å²) in [6, 6.07) is 0. The molecule has 1 saturated heterocycles. The third-order valence-electron chi connectivity index (χ3n) is 2.92. The van der Waals surface area contributed by atoms with Gasteiger partial charge in [0.15, 0.2) is 0 Å². The molecule has 0 radical (unpaired) electrons. The minimum absolute atomic E-state index is 0.138. The Bertz CT molecular complexity index is 459. The number of allylic oxidation sites excluding steroid dienone is 1. The highest BCUT2D eigenvalue weighted by Gasteiger charge is 2.13. The average molecular weight is 280 g/mol. The number of hydrogen-bond donors (Lipinski definition) is 1. The molecule has 1 amide bonds. The standard InChI is InChI=1S/C13H20N4OS/c1-10(2)8-11(18)14-13-16-15-12(19-13)9-17-6-4-3-5-7-17/h8H,3-7,9H2,1-2H3,(H,14,16,18). The number of nitrogens with one attached hydrogen (secondary N) is 1. The van der Waals surface area contributed by atoms with E-state index in [0.29, 0.717) is 5.13 Å². The summed E-state index contributed by atoms with van der Waals surface area (Å²) in [5.41, 5.74) is 0.968. The molecule has 1 aromatic rings. The third-order valence-corrected chi connectivity index (χ3v) is 3.75. The van der Waals surface area contributed by atoms with Crippen LogP contribution in [0.15, 0.2) is 11.6 Å². The molecule has 2 heterocycles. The van der Waals surface area contributed by atoms with E-state index in [2.05, 4.69) is 20.4 Å². The monoisotopic (exact) mass is 280 g/mol. The Balaban J connectivity index is 1.88.